The number of ether oxygens (including phenoxy) is 2. The van der Waals surface area contributed by atoms with Gasteiger partial charge in [-0.05, 0) is 48.7 Å². The highest BCUT2D eigenvalue weighted by atomic mass is 19.3. The summed E-state index contributed by atoms with van der Waals surface area (Å²) in [6.07, 6.45) is 3.52. The number of imidazole rings is 1. The summed E-state index contributed by atoms with van der Waals surface area (Å²) in [7, 11) is 0. The van der Waals surface area contributed by atoms with Crippen molar-refractivity contribution in [1.29, 1.82) is 0 Å². The molecule has 6 rings (SSSR count). The standard InChI is InChI=1S/C29H28F2N4O4/c1-29(38-14-13-34-12-4-7-26(34)37)16-23(20-5-2-3-6-24(20)39-28(30)31)35-22-15-18(8-10-21(22)33-27(29)35)19-9-11-25(36)32-17-19/h2-3,5-6,8-11,15,17,23,28H,4,7,12-14,16H2,1H3,(H,32,36)/t23-,29-/m1/s1. The lowest BCUT2D eigenvalue weighted by Crippen LogP contribution is -2.32. The van der Waals surface area contributed by atoms with Gasteiger partial charge in [-0.25, -0.2) is 4.98 Å². The number of pyridine rings is 1. The van der Waals surface area contributed by atoms with Gasteiger partial charge in [0.25, 0.3) is 0 Å². The van der Waals surface area contributed by atoms with Gasteiger partial charge in [0, 0.05) is 43.8 Å². The fourth-order valence-corrected chi connectivity index (χ4v) is 5.76. The minimum Gasteiger partial charge on any atom is -0.434 e. The molecular weight excluding hydrogens is 506 g/mol. The lowest BCUT2D eigenvalue weighted by Gasteiger charge is -2.26. The highest BCUT2D eigenvalue weighted by Gasteiger charge is 2.46. The molecule has 0 bridgehead atoms. The monoisotopic (exact) mass is 534 g/mol. The summed E-state index contributed by atoms with van der Waals surface area (Å²) in [6, 6.07) is 15.5. The molecule has 0 spiro atoms. The first-order valence-electron chi connectivity index (χ1n) is 13.0. The molecule has 1 saturated heterocycles. The Kier molecular flexibility index (Phi) is 6.42. The summed E-state index contributed by atoms with van der Waals surface area (Å²) in [5.41, 5.74) is 2.84. The van der Waals surface area contributed by atoms with Gasteiger partial charge < -0.3 is 23.9 Å². The van der Waals surface area contributed by atoms with Crippen molar-refractivity contribution in [2.75, 3.05) is 19.7 Å². The maximum absolute atomic E-state index is 13.3. The molecule has 8 nitrogen and oxygen atoms in total. The van der Waals surface area contributed by atoms with Crippen LogP contribution in [0.2, 0.25) is 0 Å². The van der Waals surface area contributed by atoms with Crippen molar-refractivity contribution in [1.82, 2.24) is 19.4 Å². The van der Waals surface area contributed by atoms with Crippen LogP contribution in [0.1, 0.15) is 43.6 Å². The number of rotatable bonds is 8. The van der Waals surface area contributed by atoms with Crippen LogP contribution >= 0.6 is 0 Å². The summed E-state index contributed by atoms with van der Waals surface area (Å²) in [5.74, 6) is 0.919. The average Bonchev–Trinajstić information content (AvgIpc) is 3.58. The number of benzene rings is 2. The van der Waals surface area contributed by atoms with E-state index in [-0.39, 0.29) is 23.3 Å². The maximum Gasteiger partial charge on any atom is 0.387 e. The molecule has 0 unspecified atom stereocenters. The fraction of sp³-hybridized carbons (Fsp3) is 0.345. The van der Waals surface area contributed by atoms with Crippen LogP contribution in [0.3, 0.4) is 0 Å². The molecule has 4 heterocycles. The number of carbonyl (C=O) groups is 1. The lowest BCUT2D eigenvalue weighted by atomic mass is 9.95. The smallest absolute Gasteiger partial charge is 0.387 e. The van der Waals surface area contributed by atoms with Crippen molar-refractivity contribution in [3.05, 3.63) is 82.5 Å². The normalized spacial score (nSPS) is 20.8. The topological polar surface area (TPSA) is 89.4 Å². The number of aromatic amines is 1. The van der Waals surface area contributed by atoms with Crippen molar-refractivity contribution in [3.8, 4) is 16.9 Å². The predicted molar refractivity (Wildman–Crippen MR) is 141 cm³/mol. The number of carbonyl (C=O) groups excluding carboxylic acids is 1. The number of fused-ring (bicyclic) bond motifs is 3. The molecule has 2 aliphatic rings. The first-order valence-corrected chi connectivity index (χ1v) is 13.0. The van der Waals surface area contributed by atoms with Crippen molar-refractivity contribution in [2.45, 2.75) is 44.4 Å². The van der Waals surface area contributed by atoms with Crippen molar-refractivity contribution >= 4 is 16.9 Å². The summed E-state index contributed by atoms with van der Waals surface area (Å²) in [4.78, 5) is 33.1. The highest BCUT2D eigenvalue weighted by Crippen LogP contribution is 2.49. The minimum atomic E-state index is -2.96. The van der Waals surface area contributed by atoms with Gasteiger partial charge >= 0.3 is 6.61 Å². The number of hydrogen-bond donors (Lipinski definition) is 1. The molecule has 1 amide bonds. The molecule has 39 heavy (non-hydrogen) atoms. The SMILES string of the molecule is C[C@@]1(OCCN2CCCC2=O)C[C@H](c2ccccc2OC(F)F)n2c1nc1ccc(-c3ccc(=O)[nH]c3)cc12. The second-order valence-corrected chi connectivity index (χ2v) is 10.2. The predicted octanol–water partition coefficient (Wildman–Crippen LogP) is 4.84. The van der Waals surface area contributed by atoms with Crippen molar-refractivity contribution in [2.24, 2.45) is 0 Å². The average molecular weight is 535 g/mol. The summed E-state index contributed by atoms with van der Waals surface area (Å²) in [5, 5.41) is 0. The molecule has 0 radical (unpaired) electrons. The molecule has 2 atom stereocenters. The number of amides is 1. The molecule has 1 fully saturated rings. The van der Waals surface area contributed by atoms with E-state index >= 15 is 0 Å². The Balaban J connectivity index is 1.43. The van der Waals surface area contributed by atoms with Crippen LogP contribution in [0.15, 0.2) is 65.6 Å². The molecule has 10 heteroatoms. The number of halogens is 2. The van der Waals surface area contributed by atoms with Gasteiger partial charge in [0.05, 0.1) is 23.7 Å². The third-order valence-electron chi connectivity index (χ3n) is 7.62. The van der Waals surface area contributed by atoms with Gasteiger partial charge in [-0.2, -0.15) is 8.78 Å². The number of alkyl halides is 2. The van der Waals surface area contributed by atoms with Gasteiger partial charge in [0.2, 0.25) is 11.5 Å². The van der Waals surface area contributed by atoms with Crippen molar-refractivity contribution < 1.29 is 23.0 Å². The maximum atomic E-state index is 13.3. The Labute approximate surface area is 223 Å². The minimum absolute atomic E-state index is 0.106. The first kappa shape index (κ1) is 25.2. The van der Waals surface area contributed by atoms with Gasteiger partial charge in [0.15, 0.2) is 0 Å². The highest BCUT2D eigenvalue weighted by molar-refractivity contribution is 5.83. The van der Waals surface area contributed by atoms with E-state index < -0.39 is 12.2 Å². The van der Waals surface area contributed by atoms with E-state index in [9.17, 15) is 18.4 Å². The number of likely N-dealkylation sites (tertiary alicyclic amines) is 1. The van der Waals surface area contributed by atoms with Crippen LogP contribution in [0.25, 0.3) is 22.2 Å². The zero-order valence-electron chi connectivity index (χ0n) is 21.4. The van der Waals surface area contributed by atoms with Crippen LogP contribution in [-0.2, 0) is 15.1 Å². The molecule has 2 aliphatic heterocycles. The molecule has 4 aromatic rings. The van der Waals surface area contributed by atoms with E-state index in [1.54, 1.807) is 41.4 Å². The molecule has 0 saturated carbocycles. The largest absolute Gasteiger partial charge is 0.434 e. The van der Waals surface area contributed by atoms with Crippen LogP contribution in [0.5, 0.6) is 5.75 Å². The van der Waals surface area contributed by atoms with Gasteiger partial charge in [-0.15, -0.1) is 0 Å². The molecule has 1 N–H and O–H groups in total. The molecule has 2 aromatic carbocycles. The van der Waals surface area contributed by atoms with Crippen LogP contribution in [0, 0.1) is 0 Å². The number of H-pyrrole nitrogens is 1. The van der Waals surface area contributed by atoms with Gasteiger partial charge in [0.1, 0.15) is 17.2 Å². The molecule has 202 valence electrons. The Bertz CT molecular complexity index is 1580. The van der Waals surface area contributed by atoms with E-state index in [1.165, 1.54) is 6.07 Å². The Hall–Kier alpha value is -4.05. The quantitative estimate of drug-likeness (QED) is 0.350. The summed E-state index contributed by atoms with van der Waals surface area (Å²) >= 11 is 0. The molecule has 2 aromatic heterocycles. The number of hydrogen-bond acceptors (Lipinski definition) is 5. The number of nitrogens with one attached hydrogen (secondary N) is 1. The van der Waals surface area contributed by atoms with Crippen LogP contribution in [0.4, 0.5) is 8.78 Å². The number of aromatic nitrogens is 3. The number of nitrogens with zero attached hydrogens (tertiary/aromatic N) is 3. The second kappa shape index (κ2) is 9.92. The van der Waals surface area contributed by atoms with Gasteiger partial charge in [-0.3, -0.25) is 9.59 Å². The lowest BCUT2D eigenvalue weighted by molar-refractivity contribution is -0.129. The summed E-state index contributed by atoms with van der Waals surface area (Å²) in [6.45, 7) is 0.539. The zero-order chi connectivity index (χ0) is 27.1. The van der Waals surface area contributed by atoms with Crippen LogP contribution in [-0.4, -0.2) is 51.7 Å². The Morgan fingerprint density at radius 3 is 2.69 bits per heavy atom. The van der Waals surface area contributed by atoms with E-state index in [2.05, 4.69) is 4.98 Å². The first-order chi connectivity index (χ1) is 18.8. The summed E-state index contributed by atoms with van der Waals surface area (Å²) < 4.78 is 40.0. The molecule has 0 aliphatic carbocycles. The van der Waals surface area contributed by atoms with E-state index in [1.807, 2.05) is 29.7 Å². The third kappa shape index (κ3) is 4.69. The Morgan fingerprint density at radius 2 is 1.95 bits per heavy atom. The van der Waals surface area contributed by atoms with Crippen LogP contribution < -0.4 is 10.3 Å². The third-order valence-corrected chi connectivity index (χ3v) is 7.62. The van der Waals surface area contributed by atoms with Gasteiger partial charge in [-0.1, -0.05) is 24.3 Å². The van der Waals surface area contributed by atoms with Crippen molar-refractivity contribution in [3.63, 3.8) is 0 Å². The second-order valence-electron chi connectivity index (χ2n) is 10.2. The van der Waals surface area contributed by atoms with E-state index in [4.69, 9.17) is 14.5 Å². The number of para-hydroxylation sites is 1. The fourth-order valence-electron chi connectivity index (χ4n) is 5.76. The Morgan fingerprint density at radius 1 is 1.13 bits per heavy atom. The van der Waals surface area contributed by atoms with E-state index in [0.717, 1.165) is 35.1 Å². The van der Waals surface area contributed by atoms with E-state index in [0.29, 0.717) is 37.4 Å². The molecular formula is C29H28F2N4O4. The zero-order valence-corrected chi connectivity index (χ0v) is 21.4.